The van der Waals surface area contributed by atoms with Gasteiger partial charge in [0.25, 0.3) is 0 Å². The van der Waals surface area contributed by atoms with Crippen molar-refractivity contribution in [1.29, 1.82) is 0 Å². The quantitative estimate of drug-likeness (QED) is 0.597. The molecule has 1 aliphatic heterocycles. The van der Waals surface area contributed by atoms with E-state index in [1.165, 1.54) is 0 Å². The maximum atomic E-state index is 11.4. The van der Waals surface area contributed by atoms with Crippen molar-refractivity contribution in [2.45, 2.75) is 26.7 Å². The number of aliphatic imine (C=N–C) groups is 1. The van der Waals surface area contributed by atoms with Crippen LogP contribution in [0.5, 0.6) is 0 Å². The number of amides is 1. The number of nitrogens with zero attached hydrogens (tertiary/aromatic N) is 1. The fraction of sp³-hybridized carbons (Fsp3) is 0.667. The molecule has 0 aromatic carbocycles. The molecule has 0 saturated carbocycles. The molecule has 0 unspecified atom stereocenters. The number of dihydropyridines is 1. The minimum Gasteiger partial charge on any atom is -0.356 e. The molecule has 0 spiro atoms. The lowest BCUT2D eigenvalue weighted by atomic mass is 10.2. The smallest absolute Gasteiger partial charge is 0.220 e. The highest BCUT2D eigenvalue weighted by Gasteiger charge is 2.04. The number of carbonyl (C=O) groups is 1. The van der Waals surface area contributed by atoms with Crippen LogP contribution in [0, 0.1) is 5.92 Å². The lowest BCUT2D eigenvalue weighted by molar-refractivity contribution is -0.120. The van der Waals surface area contributed by atoms with Gasteiger partial charge in [0.1, 0.15) is 5.04 Å². The summed E-state index contributed by atoms with van der Waals surface area (Å²) >= 11 is 0. The first-order chi connectivity index (χ1) is 8.18. The Morgan fingerprint density at radius 3 is 3.06 bits per heavy atom. The van der Waals surface area contributed by atoms with E-state index >= 15 is 0 Å². The second kappa shape index (κ2) is 8.64. The zero-order chi connectivity index (χ0) is 12.5. The lowest BCUT2D eigenvalue weighted by Crippen LogP contribution is -2.27. The van der Waals surface area contributed by atoms with Crippen molar-refractivity contribution < 1.29 is 4.79 Å². The molecule has 1 aliphatic rings. The average molecular weight is 272 g/mol. The van der Waals surface area contributed by atoms with E-state index in [9.17, 15) is 4.79 Å². The van der Waals surface area contributed by atoms with E-state index in [1.54, 1.807) is 21.6 Å². The molecule has 1 amide bonds. The van der Waals surface area contributed by atoms with E-state index in [1.807, 2.05) is 0 Å². The third-order valence-electron chi connectivity index (χ3n) is 2.09. The normalized spacial score (nSPS) is 14.9. The van der Waals surface area contributed by atoms with Gasteiger partial charge in [-0.1, -0.05) is 30.7 Å². The lowest BCUT2D eigenvalue weighted by Gasteiger charge is -2.07. The first-order valence-corrected chi connectivity index (χ1v) is 8.27. The molecular weight excluding hydrogens is 252 g/mol. The van der Waals surface area contributed by atoms with Crippen molar-refractivity contribution in [1.82, 2.24) is 5.32 Å². The van der Waals surface area contributed by atoms with Gasteiger partial charge in [0, 0.05) is 25.3 Å². The van der Waals surface area contributed by atoms with E-state index in [0.29, 0.717) is 12.3 Å². The summed E-state index contributed by atoms with van der Waals surface area (Å²) in [7, 11) is 3.36. The van der Waals surface area contributed by atoms with Crippen molar-refractivity contribution in [3.63, 3.8) is 0 Å². The molecule has 0 fully saturated rings. The summed E-state index contributed by atoms with van der Waals surface area (Å²) in [6.45, 7) is 5.86. The Balaban J connectivity index is 2.02. The van der Waals surface area contributed by atoms with Crippen LogP contribution in [0.15, 0.2) is 17.1 Å². The predicted molar refractivity (Wildman–Crippen MR) is 78.6 cm³/mol. The molecule has 5 heteroatoms. The van der Waals surface area contributed by atoms with Gasteiger partial charge in [-0.2, -0.15) is 0 Å². The fourth-order valence-corrected chi connectivity index (χ4v) is 3.14. The number of nitrogens with one attached hydrogen (secondary N) is 1. The van der Waals surface area contributed by atoms with E-state index in [-0.39, 0.29) is 5.91 Å². The molecule has 0 aromatic rings. The molecule has 0 radical (unpaired) electrons. The summed E-state index contributed by atoms with van der Waals surface area (Å²) in [6.07, 6.45) is 5.83. The van der Waals surface area contributed by atoms with E-state index in [2.05, 4.69) is 36.3 Å². The number of hydrogen-bond donors (Lipinski definition) is 1. The molecule has 96 valence electrons. The van der Waals surface area contributed by atoms with Crippen molar-refractivity contribution in [3.8, 4) is 0 Å². The minimum atomic E-state index is 0.146. The van der Waals surface area contributed by atoms with Gasteiger partial charge in [-0.05, 0) is 29.2 Å². The Morgan fingerprint density at radius 2 is 2.41 bits per heavy atom. The molecule has 3 nitrogen and oxygen atoms in total. The second-order valence-electron chi connectivity index (χ2n) is 4.26. The number of carbonyl (C=O) groups excluding carboxylic acids is 1. The Hall–Kier alpha value is -0.420. The predicted octanol–water partition coefficient (Wildman–Crippen LogP) is 2.89. The van der Waals surface area contributed by atoms with Crippen LogP contribution >= 0.6 is 21.6 Å². The van der Waals surface area contributed by atoms with Gasteiger partial charge in [-0.3, -0.25) is 9.79 Å². The molecule has 17 heavy (non-hydrogen) atoms. The summed E-state index contributed by atoms with van der Waals surface area (Å²) in [4.78, 5) is 15.8. The average Bonchev–Trinajstić information content (AvgIpc) is 2.33. The maximum absolute atomic E-state index is 11.4. The summed E-state index contributed by atoms with van der Waals surface area (Å²) in [5, 5.41) is 3.99. The van der Waals surface area contributed by atoms with E-state index in [0.717, 1.165) is 30.3 Å². The summed E-state index contributed by atoms with van der Waals surface area (Å²) in [5.74, 6) is 1.50. The zero-order valence-electron chi connectivity index (χ0n) is 10.4. The molecule has 0 bridgehead atoms. The first-order valence-electron chi connectivity index (χ1n) is 5.95. The highest BCUT2D eigenvalue weighted by atomic mass is 33.1. The monoisotopic (exact) mass is 272 g/mol. The first kappa shape index (κ1) is 14.6. The van der Waals surface area contributed by atoms with Gasteiger partial charge < -0.3 is 5.32 Å². The fourth-order valence-electron chi connectivity index (χ4n) is 1.18. The second-order valence-corrected chi connectivity index (χ2v) is 6.70. The van der Waals surface area contributed by atoms with Gasteiger partial charge in [-0.15, -0.1) is 0 Å². The van der Waals surface area contributed by atoms with Gasteiger partial charge in [0.05, 0.1) is 0 Å². The van der Waals surface area contributed by atoms with Crippen LogP contribution < -0.4 is 5.32 Å². The Bertz CT molecular complexity index is 301. The van der Waals surface area contributed by atoms with Gasteiger partial charge in [0.15, 0.2) is 0 Å². The highest BCUT2D eigenvalue weighted by molar-refractivity contribution is 8.82. The standard InChI is InChI=1S/C12H20N2OS2/c1-10(2)9-14-11(15)6-8-16-17-12-5-3-4-7-13-12/h3,5,10H,4,6-9H2,1-2H3,(H,14,15). The number of hydrogen-bond acceptors (Lipinski definition) is 4. The molecule has 1 rings (SSSR count). The summed E-state index contributed by atoms with van der Waals surface area (Å²) in [5.41, 5.74) is 0. The highest BCUT2D eigenvalue weighted by Crippen LogP contribution is 2.25. The van der Waals surface area contributed by atoms with Crippen LogP contribution in [0.25, 0.3) is 0 Å². The van der Waals surface area contributed by atoms with E-state index < -0.39 is 0 Å². The van der Waals surface area contributed by atoms with Crippen molar-refractivity contribution in [2.75, 3.05) is 18.8 Å². The Morgan fingerprint density at radius 1 is 1.59 bits per heavy atom. The topological polar surface area (TPSA) is 41.5 Å². The van der Waals surface area contributed by atoms with Crippen LogP contribution in [0.4, 0.5) is 0 Å². The summed E-state index contributed by atoms with van der Waals surface area (Å²) in [6, 6.07) is 0. The van der Waals surface area contributed by atoms with Crippen molar-refractivity contribution in [2.24, 2.45) is 10.9 Å². The van der Waals surface area contributed by atoms with E-state index in [4.69, 9.17) is 0 Å². The van der Waals surface area contributed by atoms with Crippen LogP contribution in [-0.4, -0.2) is 29.8 Å². The van der Waals surface area contributed by atoms with Crippen LogP contribution in [-0.2, 0) is 4.79 Å². The molecule has 0 atom stereocenters. The van der Waals surface area contributed by atoms with Crippen LogP contribution in [0.2, 0.25) is 0 Å². The molecule has 1 heterocycles. The Labute approximate surface area is 111 Å². The summed E-state index contributed by atoms with van der Waals surface area (Å²) < 4.78 is 0. The molecule has 1 N–H and O–H groups in total. The third kappa shape index (κ3) is 7.49. The zero-order valence-corrected chi connectivity index (χ0v) is 12.1. The van der Waals surface area contributed by atoms with Crippen molar-refractivity contribution >= 4 is 32.5 Å². The molecule has 0 saturated heterocycles. The van der Waals surface area contributed by atoms with Gasteiger partial charge in [-0.25, -0.2) is 0 Å². The molecular formula is C12H20N2OS2. The van der Waals surface area contributed by atoms with Crippen LogP contribution in [0.3, 0.4) is 0 Å². The van der Waals surface area contributed by atoms with Gasteiger partial charge in [0.2, 0.25) is 5.91 Å². The molecule has 0 aromatic heterocycles. The largest absolute Gasteiger partial charge is 0.356 e. The van der Waals surface area contributed by atoms with Crippen molar-refractivity contribution in [3.05, 3.63) is 12.2 Å². The van der Waals surface area contributed by atoms with Crippen LogP contribution in [0.1, 0.15) is 26.7 Å². The number of rotatable bonds is 6. The third-order valence-corrected chi connectivity index (χ3v) is 4.38. The minimum absolute atomic E-state index is 0.146. The SMILES string of the molecule is CC(C)CNC(=O)CCSSC1=NCCC=C1. The molecule has 0 aliphatic carbocycles. The maximum Gasteiger partial charge on any atom is 0.220 e. The Kier molecular flexibility index (Phi) is 7.44. The van der Waals surface area contributed by atoms with Gasteiger partial charge >= 0.3 is 0 Å².